The number of amides is 2. The summed E-state index contributed by atoms with van der Waals surface area (Å²) < 4.78 is 0. The van der Waals surface area contributed by atoms with E-state index in [1.807, 2.05) is 19.1 Å². The number of aryl methyl sites for hydroxylation is 1. The summed E-state index contributed by atoms with van der Waals surface area (Å²) in [7, 11) is 0. The van der Waals surface area contributed by atoms with Crippen molar-refractivity contribution in [1.29, 1.82) is 0 Å². The van der Waals surface area contributed by atoms with Gasteiger partial charge in [-0.1, -0.05) is 30.3 Å². The average Bonchev–Trinajstić information content (AvgIpc) is 2.82. The summed E-state index contributed by atoms with van der Waals surface area (Å²) in [4.78, 5) is 38.0. The number of imide groups is 1. The van der Waals surface area contributed by atoms with E-state index in [4.69, 9.17) is 0 Å². The first kappa shape index (κ1) is 16.3. The van der Waals surface area contributed by atoms with Gasteiger partial charge in [-0.05, 0) is 30.7 Å². The Morgan fingerprint density at radius 1 is 1.12 bits per heavy atom. The lowest BCUT2D eigenvalue weighted by Gasteiger charge is -2.17. The Kier molecular flexibility index (Phi) is 4.40. The monoisotopic (exact) mass is 341 g/mol. The van der Waals surface area contributed by atoms with Gasteiger partial charge in [-0.25, -0.2) is 9.69 Å². The molecular formula is C18H15NO4S. The SMILES string of the molecule is Cc1ccccc1N1C(=O)C[C@H](Sc2ccccc2C(=O)O)C1=O. The molecule has 0 saturated carbocycles. The molecule has 6 heteroatoms. The van der Waals surface area contributed by atoms with Crippen LogP contribution in [-0.2, 0) is 9.59 Å². The Morgan fingerprint density at radius 3 is 2.50 bits per heavy atom. The molecule has 0 spiro atoms. The molecule has 1 heterocycles. The molecular weight excluding hydrogens is 326 g/mol. The first-order chi connectivity index (χ1) is 11.5. The first-order valence-electron chi connectivity index (χ1n) is 7.40. The molecule has 1 N–H and O–H groups in total. The second kappa shape index (κ2) is 6.49. The van der Waals surface area contributed by atoms with Gasteiger partial charge in [0.1, 0.15) is 0 Å². The van der Waals surface area contributed by atoms with Crippen LogP contribution in [0.3, 0.4) is 0 Å². The van der Waals surface area contributed by atoms with Crippen LogP contribution in [0.1, 0.15) is 22.3 Å². The summed E-state index contributed by atoms with van der Waals surface area (Å²) in [6.07, 6.45) is 0.0613. The van der Waals surface area contributed by atoms with Crippen molar-refractivity contribution in [3.8, 4) is 0 Å². The molecule has 24 heavy (non-hydrogen) atoms. The second-order valence-corrected chi connectivity index (χ2v) is 6.71. The number of carboxylic acids is 1. The molecule has 1 fully saturated rings. The van der Waals surface area contributed by atoms with Gasteiger partial charge >= 0.3 is 5.97 Å². The van der Waals surface area contributed by atoms with Gasteiger partial charge < -0.3 is 5.11 Å². The number of hydrogen-bond acceptors (Lipinski definition) is 4. The number of carboxylic acid groups (broad SMARTS) is 1. The maximum absolute atomic E-state index is 12.7. The number of aromatic carboxylic acids is 1. The molecule has 122 valence electrons. The summed E-state index contributed by atoms with van der Waals surface area (Å²) in [5.41, 5.74) is 1.56. The number of benzene rings is 2. The molecule has 0 bridgehead atoms. The van der Waals surface area contributed by atoms with Crippen LogP contribution in [0.15, 0.2) is 53.4 Å². The lowest BCUT2D eigenvalue weighted by molar-refractivity contribution is -0.121. The van der Waals surface area contributed by atoms with Crippen LogP contribution in [0.4, 0.5) is 5.69 Å². The van der Waals surface area contributed by atoms with Crippen LogP contribution in [0.5, 0.6) is 0 Å². The largest absolute Gasteiger partial charge is 0.478 e. The van der Waals surface area contributed by atoms with Gasteiger partial charge in [0.2, 0.25) is 11.8 Å². The van der Waals surface area contributed by atoms with Crippen LogP contribution in [-0.4, -0.2) is 28.1 Å². The third kappa shape index (κ3) is 2.92. The molecule has 1 aliphatic rings. The molecule has 1 atom stereocenters. The number of para-hydroxylation sites is 1. The predicted molar refractivity (Wildman–Crippen MR) is 91.3 cm³/mol. The van der Waals surface area contributed by atoms with Crippen LogP contribution in [0.25, 0.3) is 0 Å². The van der Waals surface area contributed by atoms with Crippen molar-refractivity contribution in [3.05, 3.63) is 59.7 Å². The third-order valence-electron chi connectivity index (χ3n) is 3.85. The van der Waals surface area contributed by atoms with Crippen molar-refractivity contribution < 1.29 is 19.5 Å². The zero-order valence-corrected chi connectivity index (χ0v) is 13.7. The molecule has 2 aromatic rings. The number of nitrogens with zero attached hydrogens (tertiary/aromatic N) is 1. The Labute approximate surface area is 143 Å². The zero-order chi connectivity index (χ0) is 17.3. The highest BCUT2D eigenvalue weighted by Gasteiger charge is 2.41. The normalized spacial score (nSPS) is 17.4. The maximum Gasteiger partial charge on any atom is 0.336 e. The van der Waals surface area contributed by atoms with Crippen LogP contribution in [0.2, 0.25) is 0 Å². The van der Waals surface area contributed by atoms with Gasteiger partial charge in [-0.3, -0.25) is 9.59 Å². The topological polar surface area (TPSA) is 74.7 Å². The number of hydrogen-bond donors (Lipinski definition) is 1. The average molecular weight is 341 g/mol. The minimum absolute atomic E-state index is 0.0613. The second-order valence-electron chi connectivity index (χ2n) is 5.47. The van der Waals surface area contributed by atoms with E-state index in [2.05, 4.69) is 0 Å². The molecule has 1 saturated heterocycles. The highest BCUT2D eigenvalue weighted by Crippen LogP contribution is 2.36. The highest BCUT2D eigenvalue weighted by molar-refractivity contribution is 8.00. The van der Waals surface area contributed by atoms with E-state index in [9.17, 15) is 19.5 Å². The van der Waals surface area contributed by atoms with Gasteiger partial charge in [-0.15, -0.1) is 11.8 Å². The summed E-state index contributed by atoms with van der Waals surface area (Å²) in [6, 6.07) is 13.7. The summed E-state index contributed by atoms with van der Waals surface area (Å²) in [5, 5.41) is 8.63. The molecule has 0 unspecified atom stereocenters. The van der Waals surface area contributed by atoms with Crippen molar-refractivity contribution in [2.45, 2.75) is 23.5 Å². The maximum atomic E-state index is 12.7. The fraction of sp³-hybridized carbons (Fsp3) is 0.167. The molecule has 5 nitrogen and oxygen atoms in total. The van der Waals surface area contributed by atoms with Crippen LogP contribution < -0.4 is 4.90 Å². The van der Waals surface area contributed by atoms with E-state index in [1.54, 1.807) is 30.3 Å². The van der Waals surface area contributed by atoms with E-state index in [0.717, 1.165) is 17.3 Å². The summed E-state index contributed by atoms with van der Waals surface area (Å²) >= 11 is 1.13. The Morgan fingerprint density at radius 2 is 1.79 bits per heavy atom. The minimum atomic E-state index is -1.05. The molecule has 2 amide bonds. The minimum Gasteiger partial charge on any atom is -0.478 e. The molecule has 1 aliphatic heterocycles. The predicted octanol–water partition coefficient (Wildman–Crippen LogP) is 3.12. The van der Waals surface area contributed by atoms with Crippen LogP contribution in [0, 0.1) is 6.92 Å². The summed E-state index contributed by atoms with van der Waals surface area (Å²) in [5.74, 6) is -1.62. The number of thioether (sulfide) groups is 1. The summed E-state index contributed by atoms with van der Waals surface area (Å²) in [6.45, 7) is 1.84. The van der Waals surface area contributed by atoms with E-state index in [-0.39, 0.29) is 23.8 Å². The fourth-order valence-corrected chi connectivity index (χ4v) is 3.84. The lowest BCUT2D eigenvalue weighted by atomic mass is 10.2. The van der Waals surface area contributed by atoms with Crippen molar-refractivity contribution >= 4 is 35.2 Å². The fourth-order valence-electron chi connectivity index (χ4n) is 2.66. The smallest absolute Gasteiger partial charge is 0.336 e. The number of anilines is 1. The van der Waals surface area contributed by atoms with Gasteiger partial charge in [0.25, 0.3) is 0 Å². The van der Waals surface area contributed by atoms with E-state index >= 15 is 0 Å². The van der Waals surface area contributed by atoms with Gasteiger partial charge in [0.05, 0.1) is 16.5 Å². The van der Waals surface area contributed by atoms with E-state index < -0.39 is 11.2 Å². The third-order valence-corrected chi connectivity index (χ3v) is 5.11. The number of rotatable bonds is 4. The van der Waals surface area contributed by atoms with Crippen LogP contribution >= 0.6 is 11.8 Å². The highest BCUT2D eigenvalue weighted by atomic mass is 32.2. The van der Waals surface area contributed by atoms with E-state index in [0.29, 0.717) is 10.6 Å². The number of carbonyl (C=O) groups excluding carboxylic acids is 2. The van der Waals surface area contributed by atoms with Crippen molar-refractivity contribution in [2.75, 3.05) is 4.90 Å². The van der Waals surface area contributed by atoms with Crippen molar-refractivity contribution in [1.82, 2.24) is 0 Å². The molecule has 2 aromatic carbocycles. The Hall–Kier alpha value is -2.60. The van der Waals surface area contributed by atoms with Gasteiger partial charge in [0.15, 0.2) is 0 Å². The molecule has 0 aromatic heterocycles. The van der Waals surface area contributed by atoms with Crippen molar-refractivity contribution in [3.63, 3.8) is 0 Å². The molecule has 0 aliphatic carbocycles. The first-order valence-corrected chi connectivity index (χ1v) is 8.28. The quantitative estimate of drug-likeness (QED) is 0.865. The molecule has 0 radical (unpaired) electrons. The Bertz CT molecular complexity index is 833. The van der Waals surface area contributed by atoms with E-state index in [1.165, 1.54) is 11.0 Å². The zero-order valence-electron chi connectivity index (χ0n) is 12.9. The Balaban J connectivity index is 1.88. The van der Waals surface area contributed by atoms with Crippen molar-refractivity contribution in [2.24, 2.45) is 0 Å². The number of carbonyl (C=O) groups is 3. The lowest BCUT2D eigenvalue weighted by Crippen LogP contribution is -2.31. The standard InChI is InChI=1S/C18H15NO4S/c1-11-6-2-4-8-13(11)19-16(20)10-15(17(19)21)24-14-9-5-3-7-12(14)18(22)23/h2-9,15H,10H2,1H3,(H,22,23)/t15-/m0/s1. The van der Waals surface area contributed by atoms with Gasteiger partial charge in [0, 0.05) is 11.3 Å². The molecule has 3 rings (SSSR count). The van der Waals surface area contributed by atoms with Gasteiger partial charge in [-0.2, -0.15) is 0 Å².